The quantitative estimate of drug-likeness (QED) is 0.708. The second-order valence-electron chi connectivity index (χ2n) is 4.05. The SMILES string of the molecule is Cc1ccc2ccccc2[n+]1CCC(F)(F)F. The predicted molar refractivity (Wildman–Crippen MR) is 59.6 cm³/mol. The zero-order valence-corrected chi connectivity index (χ0v) is 9.46. The average Bonchev–Trinajstić information content (AvgIpc) is 2.26. The van der Waals surface area contributed by atoms with Gasteiger partial charge in [-0.15, -0.1) is 0 Å². The summed E-state index contributed by atoms with van der Waals surface area (Å²) < 4.78 is 38.5. The Morgan fingerprint density at radius 2 is 1.76 bits per heavy atom. The lowest BCUT2D eigenvalue weighted by atomic mass is 10.2. The zero-order chi connectivity index (χ0) is 12.5. The number of nitrogens with zero attached hydrogens (tertiary/aromatic N) is 1. The molecule has 1 nitrogen and oxygen atoms in total. The minimum atomic E-state index is -4.11. The first-order valence-electron chi connectivity index (χ1n) is 5.42. The van der Waals surface area contributed by atoms with Crippen LogP contribution in [0.25, 0.3) is 10.9 Å². The predicted octanol–water partition coefficient (Wildman–Crippen LogP) is 3.39. The lowest BCUT2D eigenvalue weighted by Gasteiger charge is -2.07. The Labute approximate surface area is 97.5 Å². The normalized spacial score (nSPS) is 12.0. The third-order valence-electron chi connectivity index (χ3n) is 2.78. The molecule has 90 valence electrons. The smallest absolute Gasteiger partial charge is 0.196 e. The lowest BCUT2D eigenvalue weighted by molar-refractivity contribution is -0.680. The van der Waals surface area contributed by atoms with Crippen molar-refractivity contribution in [2.45, 2.75) is 26.1 Å². The molecular weight excluding hydrogens is 227 g/mol. The largest absolute Gasteiger partial charge is 0.395 e. The highest BCUT2D eigenvalue weighted by atomic mass is 19.4. The molecule has 0 amide bonds. The minimum absolute atomic E-state index is 0.0311. The monoisotopic (exact) mass is 240 g/mol. The van der Waals surface area contributed by atoms with Gasteiger partial charge in [0.25, 0.3) is 0 Å². The summed E-state index contributed by atoms with van der Waals surface area (Å²) in [6, 6.07) is 11.2. The van der Waals surface area contributed by atoms with Crippen LogP contribution in [0.3, 0.4) is 0 Å². The Kier molecular flexibility index (Phi) is 3.05. The molecule has 1 aromatic heterocycles. The molecule has 0 aliphatic heterocycles. The van der Waals surface area contributed by atoms with Crippen molar-refractivity contribution in [2.24, 2.45) is 0 Å². The number of pyridine rings is 1. The van der Waals surface area contributed by atoms with Crippen molar-refractivity contribution < 1.29 is 17.7 Å². The molecule has 1 heterocycles. The summed E-state index contributed by atoms with van der Waals surface area (Å²) in [5.74, 6) is 0. The van der Waals surface area contributed by atoms with Crippen LogP contribution in [0.1, 0.15) is 12.1 Å². The summed E-state index contributed by atoms with van der Waals surface area (Å²) in [7, 11) is 0. The molecule has 0 aliphatic carbocycles. The summed E-state index contributed by atoms with van der Waals surface area (Å²) in [6.07, 6.45) is -4.91. The molecule has 2 aromatic rings. The topological polar surface area (TPSA) is 3.88 Å². The van der Waals surface area contributed by atoms with Crippen molar-refractivity contribution in [1.82, 2.24) is 0 Å². The van der Waals surface area contributed by atoms with Gasteiger partial charge in [0, 0.05) is 24.4 Å². The van der Waals surface area contributed by atoms with E-state index < -0.39 is 12.6 Å². The Hall–Kier alpha value is -1.58. The maximum absolute atomic E-state index is 12.3. The lowest BCUT2D eigenvalue weighted by Crippen LogP contribution is -2.39. The van der Waals surface area contributed by atoms with Gasteiger partial charge in [-0.1, -0.05) is 12.1 Å². The number of rotatable bonds is 2. The molecule has 0 saturated carbocycles. The molecule has 4 heteroatoms. The van der Waals surface area contributed by atoms with E-state index in [0.29, 0.717) is 0 Å². The summed E-state index contributed by atoms with van der Waals surface area (Å²) in [4.78, 5) is 0. The fraction of sp³-hybridized carbons (Fsp3) is 0.308. The van der Waals surface area contributed by atoms with Crippen LogP contribution in [0.5, 0.6) is 0 Å². The van der Waals surface area contributed by atoms with Crippen molar-refractivity contribution in [3.05, 3.63) is 42.1 Å². The maximum atomic E-state index is 12.3. The molecule has 0 fully saturated rings. The first kappa shape index (κ1) is 11.9. The second-order valence-corrected chi connectivity index (χ2v) is 4.05. The first-order valence-corrected chi connectivity index (χ1v) is 5.42. The van der Waals surface area contributed by atoms with Crippen LogP contribution >= 0.6 is 0 Å². The van der Waals surface area contributed by atoms with E-state index in [9.17, 15) is 13.2 Å². The summed E-state index contributed by atoms with van der Waals surface area (Å²) in [6.45, 7) is 1.79. The van der Waals surface area contributed by atoms with Crippen molar-refractivity contribution in [1.29, 1.82) is 0 Å². The maximum Gasteiger partial charge on any atom is 0.395 e. The highest BCUT2D eigenvalue weighted by Gasteiger charge is 2.29. The van der Waals surface area contributed by atoms with Gasteiger partial charge < -0.3 is 0 Å². The van der Waals surface area contributed by atoms with Crippen LogP contribution in [0.4, 0.5) is 13.2 Å². The molecule has 0 radical (unpaired) electrons. The van der Waals surface area contributed by atoms with Crippen molar-refractivity contribution in [2.75, 3.05) is 0 Å². The third-order valence-corrected chi connectivity index (χ3v) is 2.78. The molecular formula is C13H13F3N+. The number of alkyl halides is 3. The van der Waals surface area contributed by atoms with Crippen molar-refractivity contribution >= 4 is 10.9 Å². The number of halogens is 3. The average molecular weight is 240 g/mol. The van der Waals surface area contributed by atoms with Crippen molar-refractivity contribution in [3.63, 3.8) is 0 Å². The number of para-hydroxylation sites is 1. The van der Waals surface area contributed by atoms with Crippen LogP contribution in [-0.2, 0) is 6.54 Å². The van der Waals surface area contributed by atoms with Gasteiger partial charge in [0.15, 0.2) is 12.2 Å². The highest BCUT2D eigenvalue weighted by Crippen LogP contribution is 2.20. The summed E-state index contributed by atoms with van der Waals surface area (Å²) >= 11 is 0. The van der Waals surface area contributed by atoms with Crippen LogP contribution < -0.4 is 4.57 Å². The van der Waals surface area contributed by atoms with Gasteiger partial charge in [0.1, 0.15) is 6.42 Å². The van der Waals surface area contributed by atoms with Crippen LogP contribution in [0.15, 0.2) is 36.4 Å². The molecule has 1 aromatic carbocycles. The molecule has 0 aliphatic rings. The molecule has 2 rings (SSSR count). The van der Waals surface area contributed by atoms with Crippen LogP contribution in [0.2, 0.25) is 0 Å². The van der Waals surface area contributed by atoms with Gasteiger partial charge in [-0.2, -0.15) is 17.7 Å². The van der Waals surface area contributed by atoms with Gasteiger partial charge in [0.05, 0.1) is 0 Å². The fourth-order valence-electron chi connectivity index (χ4n) is 1.90. The molecule has 17 heavy (non-hydrogen) atoms. The standard InChI is InChI=1S/C13H13F3N/c1-10-6-7-11-4-2-3-5-12(11)17(10)9-8-13(14,15)16/h2-7H,8-9H2,1H3/q+1. The van der Waals surface area contributed by atoms with E-state index in [0.717, 1.165) is 16.6 Å². The molecule has 0 saturated heterocycles. The highest BCUT2D eigenvalue weighted by molar-refractivity contribution is 5.75. The molecule has 0 spiro atoms. The minimum Gasteiger partial charge on any atom is -0.196 e. The number of hydrogen-bond donors (Lipinski definition) is 0. The van der Waals surface area contributed by atoms with E-state index >= 15 is 0 Å². The second kappa shape index (κ2) is 4.35. The Balaban J connectivity index is 2.41. The van der Waals surface area contributed by atoms with Gasteiger partial charge in [0.2, 0.25) is 5.52 Å². The van der Waals surface area contributed by atoms with Crippen LogP contribution in [-0.4, -0.2) is 6.18 Å². The number of fused-ring (bicyclic) bond motifs is 1. The Bertz CT molecular complexity index is 532. The summed E-state index contributed by atoms with van der Waals surface area (Å²) in [5.41, 5.74) is 1.68. The van der Waals surface area contributed by atoms with Gasteiger partial charge in [-0.25, -0.2) is 0 Å². The number of benzene rings is 1. The van der Waals surface area contributed by atoms with Crippen molar-refractivity contribution in [3.8, 4) is 0 Å². The number of aryl methyl sites for hydroxylation is 2. The molecule has 0 N–H and O–H groups in total. The Morgan fingerprint density at radius 1 is 1.06 bits per heavy atom. The zero-order valence-electron chi connectivity index (χ0n) is 9.46. The Morgan fingerprint density at radius 3 is 2.47 bits per heavy atom. The third kappa shape index (κ3) is 2.75. The van der Waals surface area contributed by atoms with Gasteiger partial charge >= 0.3 is 6.18 Å². The summed E-state index contributed by atoms with van der Waals surface area (Å²) in [5, 5.41) is 0.959. The van der Waals surface area contributed by atoms with E-state index in [-0.39, 0.29) is 6.54 Å². The van der Waals surface area contributed by atoms with E-state index in [1.807, 2.05) is 43.3 Å². The van der Waals surface area contributed by atoms with Crippen LogP contribution in [0, 0.1) is 6.92 Å². The molecule has 0 atom stereocenters. The number of hydrogen-bond acceptors (Lipinski definition) is 0. The van der Waals surface area contributed by atoms with E-state index in [4.69, 9.17) is 0 Å². The molecule has 0 unspecified atom stereocenters. The fourth-order valence-corrected chi connectivity index (χ4v) is 1.90. The van der Waals surface area contributed by atoms with E-state index in [1.165, 1.54) is 0 Å². The molecule has 0 bridgehead atoms. The first-order chi connectivity index (χ1) is 7.97. The van der Waals surface area contributed by atoms with Gasteiger partial charge in [-0.3, -0.25) is 0 Å². The van der Waals surface area contributed by atoms with E-state index in [1.54, 1.807) is 4.57 Å². The number of aromatic nitrogens is 1. The van der Waals surface area contributed by atoms with E-state index in [2.05, 4.69) is 0 Å². The van der Waals surface area contributed by atoms with Gasteiger partial charge in [-0.05, 0) is 12.1 Å².